The van der Waals surface area contributed by atoms with Crippen LogP contribution in [0, 0.1) is 10.1 Å². The molecule has 0 bridgehead atoms. The number of halogens is 3. The van der Waals surface area contributed by atoms with E-state index < -0.39 is 28.6 Å². The molecule has 0 fully saturated rings. The molecule has 0 aromatic heterocycles. The third kappa shape index (κ3) is 5.08. The van der Waals surface area contributed by atoms with Gasteiger partial charge in [0.25, 0.3) is 11.6 Å². The lowest BCUT2D eigenvalue weighted by Gasteiger charge is -2.14. The van der Waals surface area contributed by atoms with Crippen molar-refractivity contribution in [3.8, 4) is 0 Å². The van der Waals surface area contributed by atoms with Gasteiger partial charge in [0.15, 0.2) is 6.10 Å². The number of nitro groups is 1. The van der Waals surface area contributed by atoms with Gasteiger partial charge in [0.2, 0.25) is 0 Å². The molecule has 0 unspecified atom stereocenters. The van der Waals surface area contributed by atoms with Crippen LogP contribution in [0.15, 0.2) is 36.4 Å². The van der Waals surface area contributed by atoms with Gasteiger partial charge < -0.3 is 10.1 Å². The van der Waals surface area contributed by atoms with Gasteiger partial charge in [-0.2, -0.15) is 0 Å². The Hall–Kier alpha value is -2.35. The number of hydrogen-bond acceptors (Lipinski definition) is 5. The summed E-state index contributed by atoms with van der Waals surface area (Å²) in [5.41, 5.74) is -0.522. The molecular formula is C16H11Cl3N2O5. The third-order valence-corrected chi connectivity index (χ3v) is 3.83. The number of amides is 1. The van der Waals surface area contributed by atoms with Crippen LogP contribution >= 0.6 is 34.8 Å². The highest BCUT2D eigenvalue weighted by molar-refractivity contribution is 6.35. The van der Waals surface area contributed by atoms with E-state index in [-0.39, 0.29) is 10.6 Å². The van der Waals surface area contributed by atoms with Gasteiger partial charge in [-0.15, -0.1) is 0 Å². The number of ether oxygens (including phenoxy) is 1. The molecule has 0 heterocycles. The Morgan fingerprint density at radius 3 is 2.27 bits per heavy atom. The molecule has 136 valence electrons. The smallest absolute Gasteiger partial charge is 0.345 e. The van der Waals surface area contributed by atoms with Crippen molar-refractivity contribution >= 4 is 58.1 Å². The van der Waals surface area contributed by atoms with Gasteiger partial charge in [-0.3, -0.25) is 14.9 Å². The summed E-state index contributed by atoms with van der Waals surface area (Å²) in [6, 6.07) is 7.86. The standard InChI is InChI=1S/C16H11Cl3N2O5/c1-8(15(22)20-12-5-10(18)4-11(19)6-12)26-16(23)13-7-9(17)2-3-14(13)21(24)25/h2-8H,1H3,(H,20,22)/t8-/m1/s1. The fraction of sp³-hybridized carbons (Fsp3) is 0.125. The average molecular weight is 418 g/mol. The summed E-state index contributed by atoms with van der Waals surface area (Å²) in [5, 5.41) is 14.2. The highest BCUT2D eigenvalue weighted by Gasteiger charge is 2.25. The quantitative estimate of drug-likeness (QED) is 0.430. The van der Waals surface area contributed by atoms with Crippen molar-refractivity contribution in [2.75, 3.05) is 5.32 Å². The van der Waals surface area contributed by atoms with E-state index in [1.54, 1.807) is 0 Å². The van der Waals surface area contributed by atoms with Crippen LogP contribution in [0.5, 0.6) is 0 Å². The molecular weight excluding hydrogens is 407 g/mol. The molecule has 7 nitrogen and oxygen atoms in total. The zero-order chi connectivity index (χ0) is 19.4. The summed E-state index contributed by atoms with van der Waals surface area (Å²) in [4.78, 5) is 34.6. The number of anilines is 1. The molecule has 0 aliphatic rings. The number of hydrogen-bond donors (Lipinski definition) is 1. The number of esters is 1. The van der Waals surface area contributed by atoms with E-state index in [1.807, 2.05) is 0 Å². The SMILES string of the molecule is C[C@@H](OC(=O)c1cc(Cl)ccc1[N+](=O)[O-])C(=O)Nc1cc(Cl)cc(Cl)c1. The maximum absolute atomic E-state index is 12.2. The van der Waals surface area contributed by atoms with Crippen molar-refractivity contribution in [1.29, 1.82) is 0 Å². The summed E-state index contributed by atoms with van der Waals surface area (Å²) >= 11 is 17.5. The van der Waals surface area contributed by atoms with Crippen LogP contribution in [0.25, 0.3) is 0 Å². The Balaban J connectivity index is 2.12. The maximum Gasteiger partial charge on any atom is 0.345 e. The molecule has 2 aromatic rings. The van der Waals surface area contributed by atoms with Crippen LogP contribution in [0.3, 0.4) is 0 Å². The number of nitrogens with one attached hydrogen (secondary N) is 1. The molecule has 1 amide bonds. The van der Waals surface area contributed by atoms with Crippen molar-refractivity contribution in [3.63, 3.8) is 0 Å². The van der Waals surface area contributed by atoms with Crippen molar-refractivity contribution in [1.82, 2.24) is 0 Å². The lowest BCUT2D eigenvalue weighted by atomic mass is 10.2. The topological polar surface area (TPSA) is 98.5 Å². The van der Waals surface area contributed by atoms with Gasteiger partial charge in [-0.25, -0.2) is 4.79 Å². The first-order chi connectivity index (χ1) is 12.2. The summed E-state index contributed by atoms with van der Waals surface area (Å²) < 4.78 is 5.00. The molecule has 1 atom stereocenters. The number of nitrogens with zero attached hydrogens (tertiary/aromatic N) is 1. The lowest BCUT2D eigenvalue weighted by molar-refractivity contribution is -0.385. The van der Waals surface area contributed by atoms with Crippen molar-refractivity contribution in [2.45, 2.75) is 13.0 Å². The van der Waals surface area contributed by atoms with Crippen LogP contribution < -0.4 is 5.32 Å². The van der Waals surface area contributed by atoms with E-state index in [1.165, 1.54) is 31.2 Å². The lowest BCUT2D eigenvalue weighted by Crippen LogP contribution is -2.30. The minimum absolute atomic E-state index is 0.119. The van der Waals surface area contributed by atoms with Gasteiger partial charge >= 0.3 is 5.97 Å². The average Bonchev–Trinajstić information content (AvgIpc) is 2.53. The second-order valence-electron chi connectivity index (χ2n) is 5.11. The number of carbonyl (C=O) groups excluding carboxylic acids is 2. The van der Waals surface area contributed by atoms with E-state index in [2.05, 4.69) is 5.32 Å². The predicted octanol–water partition coefficient (Wildman–Crippen LogP) is 4.74. The van der Waals surface area contributed by atoms with Crippen molar-refractivity contribution in [3.05, 3.63) is 67.1 Å². The molecule has 10 heteroatoms. The Morgan fingerprint density at radius 2 is 1.69 bits per heavy atom. The monoisotopic (exact) mass is 416 g/mol. The molecule has 0 saturated carbocycles. The van der Waals surface area contributed by atoms with Gasteiger partial charge in [0.1, 0.15) is 5.56 Å². The highest BCUT2D eigenvalue weighted by Crippen LogP contribution is 2.25. The molecule has 2 aromatic carbocycles. The van der Waals surface area contributed by atoms with E-state index in [4.69, 9.17) is 39.5 Å². The minimum atomic E-state index is -1.24. The molecule has 2 rings (SSSR count). The van der Waals surface area contributed by atoms with Crippen LogP contribution in [-0.4, -0.2) is 22.9 Å². The summed E-state index contributed by atoms with van der Waals surface area (Å²) in [6.07, 6.45) is -1.24. The van der Waals surface area contributed by atoms with E-state index in [9.17, 15) is 19.7 Å². The number of rotatable bonds is 5. The van der Waals surface area contributed by atoms with Crippen LogP contribution in [0.1, 0.15) is 17.3 Å². The van der Waals surface area contributed by atoms with Crippen LogP contribution in [-0.2, 0) is 9.53 Å². The first-order valence-electron chi connectivity index (χ1n) is 7.09. The van der Waals surface area contributed by atoms with Gasteiger partial charge in [-0.1, -0.05) is 34.8 Å². The summed E-state index contributed by atoms with van der Waals surface area (Å²) in [6.45, 7) is 1.32. The maximum atomic E-state index is 12.2. The summed E-state index contributed by atoms with van der Waals surface area (Å²) in [7, 11) is 0. The molecule has 0 saturated heterocycles. The fourth-order valence-corrected chi connectivity index (χ4v) is 2.68. The fourth-order valence-electron chi connectivity index (χ4n) is 1.98. The molecule has 0 radical (unpaired) electrons. The first kappa shape index (κ1) is 20.0. The molecule has 26 heavy (non-hydrogen) atoms. The second-order valence-corrected chi connectivity index (χ2v) is 6.42. The van der Waals surface area contributed by atoms with Gasteiger partial charge in [0, 0.05) is 26.8 Å². The molecule has 0 aliphatic carbocycles. The Morgan fingerprint density at radius 1 is 1.08 bits per heavy atom. The Kier molecular flexibility index (Phi) is 6.42. The van der Waals surface area contributed by atoms with Gasteiger partial charge in [0.05, 0.1) is 4.92 Å². The third-order valence-electron chi connectivity index (χ3n) is 3.16. The second kappa shape index (κ2) is 8.35. The van der Waals surface area contributed by atoms with Crippen LogP contribution in [0.2, 0.25) is 15.1 Å². The highest BCUT2D eigenvalue weighted by atomic mass is 35.5. The normalized spacial score (nSPS) is 11.5. The van der Waals surface area contributed by atoms with Gasteiger partial charge in [-0.05, 0) is 37.3 Å². The predicted molar refractivity (Wildman–Crippen MR) is 98.1 cm³/mol. The van der Waals surface area contributed by atoms with Crippen molar-refractivity contribution < 1.29 is 19.2 Å². The van der Waals surface area contributed by atoms with E-state index in [0.29, 0.717) is 15.7 Å². The molecule has 0 aliphatic heterocycles. The van der Waals surface area contributed by atoms with Crippen LogP contribution in [0.4, 0.5) is 11.4 Å². The van der Waals surface area contributed by atoms with E-state index in [0.717, 1.165) is 12.1 Å². The van der Waals surface area contributed by atoms with E-state index >= 15 is 0 Å². The minimum Gasteiger partial charge on any atom is -0.449 e. The number of nitro benzene ring substituents is 1. The Labute approximate surface area is 162 Å². The zero-order valence-electron chi connectivity index (χ0n) is 13.2. The van der Waals surface area contributed by atoms with Crippen molar-refractivity contribution in [2.24, 2.45) is 0 Å². The largest absolute Gasteiger partial charge is 0.449 e. The zero-order valence-corrected chi connectivity index (χ0v) is 15.4. The molecule has 0 spiro atoms. The molecule has 1 N–H and O–H groups in total. The first-order valence-corrected chi connectivity index (χ1v) is 8.22. The summed E-state index contributed by atoms with van der Waals surface area (Å²) in [5.74, 6) is -1.72. The number of benzene rings is 2. The number of carbonyl (C=O) groups is 2. The Bertz CT molecular complexity index is 868.